The molecule has 0 N–H and O–H groups in total. The average molecular weight is 538 g/mol. The van der Waals surface area contributed by atoms with E-state index in [1.54, 1.807) is 33.3 Å². The number of benzene rings is 3. The van der Waals surface area contributed by atoms with Crippen LogP contribution in [0, 0.1) is 0 Å². The molecule has 0 spiro atoms. The predicted molar refractivity (Wildman–Crippen MR) is 156 cm³/mol. The topological polar surface area (TPSA) is 66.5 Å². The standard InChI is InChI=1S/C31H41N2O6/c1-7-39-31(34)32(25-12-9-8-10-13-25)19-11-20-33(2,26-15-17-28(36-4)30(23-26)38-6)21-18-24-14-16-27(35-3)29(22-24)37-5/h8-10,12-17,22-23H,7,11,18-21H2,1-6H3/q+1. The second kappa shape index (κ2) is 14.3. The molecule has 0 aliphatic carbocycles. The fourth-order valence-corrected chi connectivity index (χ4v) is 4.66. The highest BCUT2D eigenvalue weighted by molar-refractivity contribution is 5.87. The molecule has 0 bridgehead atoms. The lowest BCUT2D eigenvalue weighted by Gasteiger charge is -2.35. The molecule has 0 radical (unpaired) electrons. The van der Waals surface area contributed by atoms with Crippen molar-refractivity contribution in [3.05, 3.63) is 72.3 Å². The summed E-state index contributed by atoms with van der Waals surface area (Å²) in [5, 5.41) is 0. The molecule has 1 atom stereocenters. The van der Waals surface area contributed by atoms with E-state index in [2.05, 4.69) is 19.2 Å². The lowest BCUT2D eigenvalue weighted by molar-refractivity contribution is 0.159. The van der Waals surface area contributed by atoms with Gasteiger partial charge in [0, 0.05) is 37.2 Å². The van der Waals surface area contributed by atoms with E-state index >= 15 is 0 Å². The fourth-order valence-electron chi connectivity index (χ4n) is 4.66. The molecule has 0 heterocycles. The quantitative estimate of drug-likeness (QED) is 0.237. The largest absolute Gasteiger partial charge is 0.493 e. The van der Waals surface area contributed by atoms with Gasteiger partial charge in [-0.2, -0.15) is 0 Å². The van der Waals surface area contributed by atoms with Gasteiger partial charge in [-0.15, -0.1) is 0 Å². The molecule has 39 heavy (non-hydrogen) atoms. The first-order valence-electron chi connectivity index (χ1n) is 13.2. The van der Waals surface area contributed by atoms with Gasteiger partial charge in [0.15, 0.2) is 23.0 Å². The molecule has 1 amide bonds. The minimum atomic E-state index is -0.339. The number of para-hydroxylation sites is 1. The fraction of sp³-hybridized carbons (Fsp3) is 0.387. The van der Waals surface area contributed by atoms with E-state index in [0.717, 1.165) is 42.9 Å². The number of nitrogens with zero attached hydrogens (tertiary/aromatic N) is 2. The summed E-state index contributed by atoms with van der Waals surface area (Å²) in [4.78, 5) is 14.5. The molecule has 0 saturated carbocycles. The first kappa shape index (κ1) is 29.6. The van der Waals surface area contributed by atoms with Crippen LogP contribution in [0.5, 0.6) is 23.0 Å². The molecule has 0 aromatic heterocycles. The maximum Gasteiger partial charge on any atom is 0.414 e. The van der Waals surface area contributed by atoms with Gasteiger partial charge >= 0.3 is 6.09 Å². The normalized spacial score (nSPS) is 12.3. The molecule has 0 aliphatic rings. The summed E-state index contributed by atoms with van der Waals surface area (Å²) >= 11 is 0. The highest BCUT2D eigenvalue weighted by Crippen LogP contribution is 2.35. The average Bonchev–Trinajstić information content (AvgIpc) is 2.98. The summed E-state index contributed by atoms with van der Waals surface area (Å²) < 4.78 is 28.0. The third-order valence-electron chi connectivity index (χ3n) is 6.92. The Morgan fingerprint density at radius 2 is 1.38 bits per heavy atom. The van der Waals surface area contributed by atoms with Crippen LogP contribution < -0.4 is 28.3 Å². The van der Waals surface area contributed by atoms with E-state index in [-0.39, 0.29) is 6.09 Å². The Labute approximate surface area is 232 Å². The number of rotatable bonds is 14. The number of methoxy groups -OCH3 is 4. The Balaban J connectivity index is 1.86. The number of carbonyl (C=O) groups is 1. The minimum Gasteiger partial charge on any atom is -0.493 e. The predicted octanol–water partition coefficient (Wildman–Crippen LogP) is 5.95. The van der Waals surface area contributed by atoms with E-state index in [1.165, 1.54) is 0 Å². The Bertz CT molecular complexity index is 1200. The molecule has 0 aliphatic heterocycles. The van der Waals surface area contributed by atoms with Crippen molar-refractivity contribution in [2.75, 3.05) is 66.6 Å². The first-order valence-corrected chi connectivity index (χ1v) is 13.2. The first-order chi connectivity index (χ1) is 18.9. The molecule has 0 saturated heterocycles. The van der Waals surface area contributed by atoms with Crippen LogP contribution in [0.2, 0.25) is 0 Å². The Kier molecular flexibility index (Phi) is 10.9. The van der Waals surface area contributed by atoms with Gasteiger partial charge in [0.1, 0.15) is 5.69 Å². The number of anilines is 1. The summed E-state index contributed by atoms with van der Waals surface area (Å²) in [5.41, 5.74) is 3.06. The number of amides is 1. The van der Waals surface area contributed by atoms with Gasteiger partial charge in [0.2, 0.25) is 0 Å². The second-order valence-electron chi connectivity index (χ2n) is 9.36. The zero-order valence-electron chi connectivity index (χ0n) is 23.9. The lowest BCUT2D eigenvalue weighted by Crippen LogP contribution is -2.48. The summed E-state index contributed by atoms with van der Waals surface area (Å²) in [5.74, 6) is 2.79. The number of likely N-dealkylation sites (N-methyl/N-ethyl adjacent to an activating group) is 1. The van der Waals surface area contributed by atoms with Gasteiger partial charge in [-0.05, 0) is 42.8 Å². The molecule has 1 unspecified atom stereocenters. The van der Waals surface area contributed by atoms with Gasteiger partial charge in [0.25, 0.3) is 0 Å². The molecular formula is C31H41N2O6+. The van der Waals surface area contributed by atoms with Crippen molar-refractivity contribution >= 4 is 17.5 Å². The van der Waals surface area contributed by atoms with Gasteiger partial charge in [0.05, 0.1) is 55.2 Å². The maximum atomic E-state index is 12.8. The number of ether oxygens (including phenoxy) is 5. The number of carbonyl (C=O) groups excluding carboxylic acids is 1. The van der Waals surface area contributed by atoms with Crippen molar-refractivity contribution < 1.29 is 28.5 Å². The van der Waals surface area contributed by atoms with E-state index in [1.807, 2.05) is 61.5 Å². The van der Waals surface area contributed by atoms with E-state index in [4.69, 9.17) is 23.7 Å². The highest BCUT2D eigenvalue weighted by atomic mass is 16.6. The molecule has 8 nitrogen and oxygen atoms in total. The zero-order valence-corrected chi connectivity index (χ0v) is 23.9. The maximum absolute atomic E-state index is 12.8. The third-order valence-corrected chi connectivity index (χ3v) is 6.92. The van der Waals surface area contributed by atoms with Crippen LogP contribution in [-0.2, 0) is 11.2 Å². The Morgan fingerprint density at radius 3 is 2.00 bits per heavy atom. The van der Waals surface area contributed by atoms with E-state index < -0.39 is 0 Å². The van der Waals surface area contributed by atoms with Crippen LogP contribution >= 0.6 is 0 Å². The summed E-state index contributed by atoms with van der Waals surface area (Å²) in [6, 6.07) is 21.7. The monoisotopic (exact) mass is 537 g/mol. The number of hydrogen-bond donors (Lipinski definition) is 0. The Hall–Kier alpha value is -3.91. The molecule has 3 rings (SSSR count). The van der Waals surface area contributed by atoms with Gasteiger partial charge in [-0.1, -0.05) is 24.3 Å². The summed E-state index contributed by atoms with van der Waals surface area (Å²) in [6.07, 6.45) is 1.23. The lowest BCUT2D eigenvalue weighted by atomic mass is 10.1. The van der Waals surface area contributed by atoms with Crippen molar-refractivity contribution in [1.82, 2.24) is 4.48 Å². The smallest absolute Gasteiger partial charge is 0.414 e. The van der Waals surface area contributed by atoms with Crippen LogP contribution in [0.4, 0.5) is 16.2 Å². The van der Waals surface area contributed by atoms with E-state index in [9.17, 15) is 4.79 Å². The number of hydrogen-bond acceptors (Lipinski definition) is 6. The molecule has 8 heteroatoms. The van der Waals surface area contributed by atoms with Crippen molar-refractivity contribution in [2.45, 2.75) is 19.8 Å². The molecule has 3 aromatic carbocycles. The number of quaternary nitrogens is 1. The second-order valence-corrected chi connectivity index (χ2v) is 9.36. The van der Waals surface area contributed by atoms with Gasteiger partial charge in [-0.3, -0.25) is 9.38 Å². The highest BCUT2D eigenvalue weighted by Gasteiger charge is 2.28. The van der Waals surface area contributed by atoms with Crippen molar-refractivity contribution in [3.8, 4) is 23.0 Å². The summed E-state index contributed by atoms with van der Waals surface area (Å²) in [7, 11) is 8.77. The van der Waals surface area contributed by atoms with Gasteiger partial charge < -0.3 is 23.7 Å². The molecular weight excluding hydrogens is 496 g/mol. The van der Waals surface area contributed by atoms with Crippen LogP contribution in [0.25, 0.3) is 0 Å². The van der Waals surface area contributed by atoms with Crippen molar-refractivity contribution in [3.63, 3.8) is 0 Å². The van der Waals surface area contributed by atoms with Crippen LogP contribution in [0.1, 0.15) is 18.9 Å². The van der Waals surface area contributed by atoms with Crippen molar-refractivity contribution in [1.29, 1.82) is 0 Å². The minimum absolute atomic E-state index is 0.326. The van der Waals surface area contributed by atoms with Crippen molar-refractivity contribution in [2.24, 2.45) is 0 Å². The van der Waals surface area contributed by atoms with E-state index in [0.29, 0.717) is 40.6 Å². The van der Waals surface area contributed by atoms with Gasteiger partial charge in [-0.25, -0.2) is 4.79 Å². The zero-order chi connectivity index (χ0) is 28.3. The molecule has 210 valence electrons. The summed E-state index contributed by atoms with van der Waals surface area (Å²) in [6.45, 7) is 4.27. The van der Waals surface area contributed by atoms with Crippen LogP contribution in [0.3, 0.4) is 0 Å². The van der Waals surface area contributed by atoms with Crippen LogP contribution in [0.15, 0.2) is 66.7 Å². The SMILES string of the molecule is CCOC(=O)N(CCC[N+](C)(CCc1ccc(OC)c(OC)c1)c1ccc(OC)c(OC)c1)c1ccccc1. The third kappa shape index (κ3) is 7.57. The molecule has 3 aromatic rings. The van der Waals surface area contributed by atoms with Crippen LogP contribution in [-0.4, -0.2) is 67.8 Å². The Morgan fingerprint density at radius 1 is 0.769 bits per heavy atom. The molecule has 0 fully saturated rings.